The third-order valence-corrected chi connectivity index (χ3v) is 3.46. The zero-order chi connectivity index (χ0) is 14.0. The van der Waals surface area contributed by atoms with Crippen LogP contribution >= 0.6 is 15.9 Å². The molecular formula is C13H14BrFN4. The molecule has 1 aromatic carbocycles. The van der Waals surface area contributed by atoms with E-state index in [2.05, 4.69) is 31.2 Å². The number of hydrogen-bond acceptors (Lipinski definition) is 4. The van der Waals surface area contributed by atoms with Crippen LogP contribution in [0.15, 0.2) is 22.9 Å². The maximum Gasteiger partial charge on any atom is 0.139 e. The molecule has 0 fully saturated rings. The van der Waals surface area contributed by atoms with Gasteiger partial charge in [0.25, 0.3) is 0 Å². The Morgan fingerprint density at radius 1 is 1.37 bits per heavy atom. The molecule has 2 aromatic rings. The number of rotatable bonds is 3. The normalized spacial score (nSPS) is 10.5. The van der Waals surface area contributed by atoms with E-state index >= 15 is 0 Å². The van der Waals surface area contributed by atoms with Crippen molar-refractivity contribution in [2.45, 2.75) is 20.3 Å². The number of nitrogens with one attached hydrogen (secondary N) is 1. The van der Waals surface area contributed by atoms with Crippen molar-refractivity contribution in [2.75, 3.05) is 11.1 Å². The Morgan fingerprint density at radius 3 is 2.79 bits per heavy atom. The van der Waals surface area contributed by atoms with Crippen LogP contribution in [0.5, 0.6) is 0 Å². The monoisotopic (exact) mass is 324 g/mol. The molecule has 0 unspecified atom stereocenters. The van der Waals surface area contributed by atoms with Gasteiger partial charge >= 0.3 is 0 Å². The van der Waals surface area contributed by atoms with Crippen LogP contribution in [0.1, 0.15) is 18.1 Å². The SMILES string of the molecule is CCc1c(N)ncnc1Nc1cc(Br)c(F)cc1C. The van der Waals surface area contributed by atoms with Crippen molar-refractivity contribution in [3.63, 3.8) is 0 Å². The quantitative estimate of drug-likeness (QED) is 0.905. The van der Waals surface area contributed by atoms with E-state index in [0.717, 1.165) is 23.2 Å². The number of benzene rings is 1. The summed E-state index contributed by atoms with van der Waals surface area (Å²) in [6, 6.07) is 3.14. The number of anilines is 3. The van der Waals surface area contributed by atoms with E-state index in [-0.39, 0.29) is 5.82 Å². The first-order chi connectivity index (χ1) is 9.02. The van der Waals surface area contributed by atoms with Gasteiger partial charge in [0.2, 0.25) is 0 Å². The van der Waals surface area contributed by atoms with E-state index in [1.807, 2.05) is 13.8 Å². The highest BCUT2D eigenvalue weighted by molar-refractivity contribution is 9.10. The van der Waals surface area contributed by atoms with Crippen LogP contribution in [-0.2, 0) is 6.42 Å². The van der Waals surface area contributed by atoms with Gasteiger partial charge in [-0.2, -0.15) is 0 Å². The van der Waals surface area contributed by atoms with Crippen molar-refractivity contribution in [1.82, 2.24) is 9.97 Å². The van der Waals surface area contributed by atoms with Gasteiger partial charge in [-0.15, -0.1) is 0 Å². The van der Waals surface area contributed by atoms with Gasteiger partial charge in [-0.25, -0.2) is 14.4 Å². The summed E-state index contributed by atoms with van der Waals surface area (Å²) in [4.78, 5) is 8.15. The van der Waals surface area contributed by atoms with Crippen LogP contribution in [0.4, 0.5) is 21.7 Å². The van der Waals surface area contributed by atoms with E-state index < -0.39 is 0 Å². The molecule has 6 heteroatoms. The summed E-state index contributed by atoms with van der Waals surface area (Å²) >= 11 is 3.17. The molecule has 3 N–H and O–H groups in total. The topological polar surface area (TPSA) is 63.8 Å². The van der Waals surface area contributed by atoms with Crippen LogP contribution in [0.3, 0.4) is 0 Å². The van der Waals surface area contributed by atoms with E-state index in [0.29, 0.717) is 16.1 Å². The highest BCUT2D eigenvalue weighted by Gasteiger charge is 2.10. The number of aryl methyl sites for hydroxylation is 1. The molecule has 19 heavy (non-hydrogen) atoms. The molecule has 0 spiro atoms. The molecule has 0 radical (unpaired) electrons. The maximum atomic E-state index is 13.4. The van der Waals surface area contributed by atoms with Crippen LogP contribution in [0.25, 0.3) is 0 Å². The summed E-state index contributed by atoms with van der Waals surface area (Å²) in [7, 11) is 0. The lowest BCUT2D eigenvalue weighted by atomic mass is 10.1. The fourth-order valence-electron chi connectivity index (χ4n) is 1.79. The molecule has 0 aliphatic heterocycles. The first-order valence-electron chi connectivity index (χ1n) is 5.85. The van der Waals surface area contributed by atoms with Gasteiger partial charge in [-0.1, -0.05) is 6.92 Å². The Bertz CT molecular complexity index is 616. The van der Waals surface area contributed by atoms with Gasteiger partial charge in [0.1, 0.15) is 23.8 Å². The predicted molar refractivity (Wildman–Crippen MR) is 77.9 cm³/mol. The molecule has 2 rings (SSSR count). The molecular weight excluding hydrogens is 311 g/mol. The second-order valence-corrected chi connectivity index (χ2v) is 5.00. The van der Waals surface area contributed by atoms with Gasteiger partial charge < -0.3 is 11.1 Å². The average molecular weight is 325 g/mol. The predicted octanol–water partition coefficient (Wildman–Crippen LogP) is 3.57. The number of halogens is 2. The first kappa shape index (κ1) is 13.7. The maximum absolute atomic E-state index is 13.4. The van der Waals surface area contributed by atoms with E-state index in [1.165, 1.54) is 12.4 Å². The first-order valence-corrected chi connectivity index (χ1v) is 6.64. The summed E-state index contributed by atoms with van der Waals surface area (Å²) < 4.78 is 13.8. The van der Waals surface area contributed by atoms with E-state index in [4.69, 9.17) is 5.73 Å². The summed E-state index contributed by atoms with van der Waals surface area (Å²) in [6.45, 7) is 3.81. The Balaban J connectivity index is 2.42. The van der Waals surface area contributed by atoms with Crippen LogP contribution < -0.4 is 11.1 Å². The highest BCUT2D eigenvalue weighted by atomic mass is 79.9. The molecule has 0 aliphatic carbocycles. The minimum atomic E-state index is -0.291. The number of hydrogen-bond donors (Lipinski definition) is 2. The Labute approximate surface area is 119 Å². The van der Waals surface area contributed by atoms with Crippen molar-refractivity contribution in [3.8, 4) is 0 Å². The number of nitrogens with zero attached hydrogens (tertiary/aromatic N) is 2. The Morgan fingerprint density at radius 2 is 2.11 bits per heavy atom. The van der Waals surface area contributed by atoms with Crippen LogP contribution in [0.2, 0.25) is 0 Å². The second kappa shape index (κ2) is 5.52. The average Bonchev–Trinajstić information content (AvgIpc) is 2.36. The minimum Gasteiger partial charge on any atom is -0.383 e. The zero-order valence-corrected chi connectivity index (χ0v) is 12.3. The Hall–Kier alpha value is -1.69. The van der Waals surface area contributed by atoms with Crippen molar-refractivity contribution in [1.29, 1.82) is 0 Å². The lowest BCUT2D eigenvalue weighted by Gasteiger charge is -2.13. The van der Waals surface area contributed by atoms with Gasteiger partial charge in [-0.3, -0.25) is 0 Å². The molecule has 4 nitrogen and oxygen atoms in total. The zero-order valence-electron chi connectivity index (χ0n) is 10.7. The molecule has 0 amide bonds. The third-order valence-electron chi connectivity index (χ3n) is 2.85. The molecule has 100 valence electrons. The minimum absolute atomic E-state index is 0.291. The molecule has 0 bridgehead atoms. The highest BCUT2D eigenvalue weighted by Crippen LogP contribution is 2.28. The van der Waals surface area contributed by atoms with Gasteiger partial charge in [-0.05, 0) is 47.0 Å². The second-order valence-electron chi connectivity index (χ2n) is 4.15. The molecule has 0 saturated heterocycles. The summed E-state index contributed by atoms with van der Waals surface area (Å²) in [5.74, 6) is 0.816. The summed E-state index contributed by atoms with van der Waals surface area (Å²) in [5, 5.41) is 3.17. The van der Waals surface area contributed by atoms with E-state index in [1.54, 1.807) is 6.07 Å². The van der Waals surface area contributed by atoms with Gasteiger partial charge in [0.15, 0.2) is 0 Å². The van der Waals surface area contributed by atoms with Gasteiger partial charge in [0.05, 0.1) is 4.47 Å². The van der Waals surface area contributed by atoms with Crippen molar-refractivity contribution < 1.29 is 4.39 Å². The summed E-state index contributed by atoms with van der Waals surface area (Å²) in [5.41, 5.74) is 8.24. The fourth-order valence-corrected chi connectivity index (χ4v) is 2.13. The van der Waals surface area contributed by atoms with Crippen molar-refractivity contribution in [3.05, 3.63) is 39.9 Å². The molecule has 1 heterocycles. The number of nitrogen functional groups attached to an aromatic ring is 1. The van der Waals surface area contributed by atoms with Crippen molar-refractivity contribution >= 4 is 33.3 Å². The Kier molecular flexibility index (Phi) is 3.99. The standard InChI is InChI=1S/C13H14BrFN4/c1-3-8-12(16)17-6-18-13(8)19-11-5-9(14)10(15)4-7(11)2/h4-6H,3H2,1-2H3,(H3,16,17,18,19). The van der Waals surface area contributed by atoms with Crippen LogP contribution in [-0.4, -0.2) is 9.97 Å². The molecule has 1 aromatic heterocycles. The van der Waals surface area contributed by atoms with E-state index in [9.17, 15) is 4.39 Å². The van der Waals surface area contributed by atoms with Crippen molar-refractivity contribution in [2.24, 2.45) is 0 Å². The molecule has 0 atom stereocenters. The lowest BCUT2D eigenvalue weighted by Crippen LogP contribution is -2.05. The lowest BCUT2D eigenvalue weighted by molar-refractivity contribution is 0.620. The summed E-state index contributed by atoms with van der Waals surface area (Å²) in [6.07, 6.45) is 2.13. The van der Waals surface area contributed by atoms with Gasteiger partial charge in [0, 0.05) is 11.3 Å². The smallest absolute Gasteiger partial charge is 0.139 e. The number of nitrogens with two attached hydrogens (primary N) is 1. The largest absolute Gasteiger partial charge is 0.383 e. The van der Waals surface area contributed by atoms with Crippen LogP contribution in [0, 0.1) is 12.7 Å². The molecule has 0 saturated carbocycles. The fraction of sp³-hybridized carbons (Fsp3) is 0.231. The molecule has 0 aliphatic rings. The third kappa shape index (κ3) is 2.84. The number of aromatic nitrogens is 2.